The third kappa shape index (κ3) is 5.59. The lowest BCUT2D eigenvalue weighted by Gasteiger charge is -2.18. The van der Waals surface area contributed by atoms with Crippen molar-refractivity contribution in [1.29, 1.82) is 0 Å². The first-order valence-corrected chi connectivity index (χ1v) is 7.71. The van der Waals surface area contributed by atoms with Crippen LogP contribution in [0, 0.1) is 5.92 Å². The quantitative estimate of drug-likeness (QED) is 0.654. The van der Waals surface area contributed by atoms with E-state index in [1.165, 1.54) is 12.8 Å². The molecule has 1 rings (SSSR count). The molecule has 18 heavy (non-hydrogen) atoms. The Morgan fingerprint density at radius 2 is 2.11 bits per heavy atom. The van der Waals surface area contributed by atoms with Crippen molar-refractivity contribution < 1.29 is 9.47 Å². The lowest BCUT2D eigenvalue weighted by Crippen LogP contribution is -2.25. The van der Waals surface area contributed by atoms with E-state index in [2.05, 4.69) is 24.2 Å². The van der Waals surface area contributed by atoms with Crippen molar-refractivity contribution in [3.63, 3.8) is 0 Å². The molecule has 1 unspecified atom stereocenters. The summed E-state index contributed by atoms with van der Waals surface area (Å²) >= 11 is 1.89. The zero-order chi connectivity index (χ0) is 13.2. The molecular weight excluding hydrogens is 248 g/mol. The van der Waals surface area contributed by atoms with Gasteiger partial charge in [-0.05, 0) is 5.92 Å². The highest BCUT2D eigenvalue weighted by atomic mass is 32.2. The average Bonchev–Trinajstić information content (AvgIpc) is 2.84. The van der Waals surface area contributed by atoms with Gasteiger partial charge in [-0.3, -0.25) is 4.99 Å². The van der Waals surface area contributed by atoms with Gasteiger partial charge < -0.3 is 14.8 Å². The fraction of sp³-hybridized carbons (Fsp3) is 0.923. The predicted molar refractivity (Wildman–Crippen MR) is 78.5 cm³/mol. The number of ether oxygens (including phenoxy) is 2. The molecule has 1 aliphatic rings. The van der Waals surface area contributed by atoms with Gasteiger partial charge in [-0.2, -0.15) is 0 Å². The Bertz CT molecular complexity index is 245. The van der Waals surface area contributed by atoms with Gasteiger partial charge in [-0.1, -0.05) is 38.5 Å². The summed E-state index contributed by atoms with van der Waals surface area (Å²) < 4.78 is 10.3. The molecule has 0 spiro atoms. The van der Waals surface area contributed by atoms with Crippen LogP contribution in [0.1, 0.15) is 26.7 Å². The molecule has 1 N–H and O–H groups in total. The zero-order valence-electron chi connectivity index (χ0n) is 11.8. The van der Waals surface area contributed by atoms with Gasteiger partial charge >= 0.3 is 0 Å². The molecule has 0 aromatic rings. The molecule has 0 aromatic carbocycles. The molecule has 4 nitrogen and oxygen atoms in total. The lowest BCUT2D eigenvalue weighted by molar-refractivity contribution is 0.0734. The number of hydrogen-bond donors (Lipinski definition) is 1. The van der Waals surface area contributed by atoms with Crippen LogP contribution in [0.5, 0.6) is 0 Å². The molecular formula is C13H26N2O2S. The molecule has 0 aliphatic carbocycles. The lowest BCUT2D eigenvalue weighted by atomic mass is 9.99. The normalized spacial score (nSPS) is 19.3. The maximum Gasteiger partial charge on any atom is 0.157 e. The minimum Gasteiger partial charge on any atom is -0.382 e. The van der Waals surface area contributed by atoms with E-state index in [-0.39, 0.29) is 0 Å². The molecule has 0 amide bonds. The number of hydrogen-bond acceptors (Lipinski definition) is 5. The molecule has 0 fully saturated rings. The van der Waals surface area contributed by atoms with Crippen molar-refractivity contribution in [1.82, 2.24) is 5.32 Å². The van der Waals surface area contributed by atoms with E-state index >= 15 is 0 Å². The van der Waals surface area contributed by atoms with E-state index in [4.69, 9.17) is 9.47 Å². The highest BCUT2D eigenvalue weighted by Crippen LogP contribution is 2.30. The smallest absolute Gasteiger partial charge is 0.157 e. The van der Waals surface area contributed by atoms with E-state index in [1.54, 1.807) is 7.11 Å². The number of thioether (sulfide) groups is 1. The summed E-state index contributed by atoms with van der Waals surface area (Å²) in [5.41, 5.74) is 0. The summed E-state index contributed by atoms with van der Waals surface area (Å²) in [6.45, 7) is 8.35. The van der Waals surface area contributed by atoms with E-state index in [1.807, 2.05) is 11.8 Å². The Morgan fingerprint density at radius 3 is 2.78 bits per heavy atom. The van der Waals surface area contributed by atoms with Gasteiger partial charge in [0.15, 0.2) is 5.17 Å². The number of amidine groups is 1. The summed E-state index contributed by atoms with van der Waals surface area (Å²) in [5, 5.41) is 5.09. The third-order valence-corrected chi connectivity index (χ3v) is 4.54. The molecule has 0 saturated heterocycles. The second-order valence-corrected chi connectivity index (χ2v) is 5.64. The summed E-state index contributed by atoms with van der Waals surface area (Å²) in [6.07, 6.45) is 2.49. The molecule has 1 heterocycles. The highest BCUT2D eigenvalue weighted by Gasteiger charge is 2.25. The fourth-order valence-electron chi connectivity index (χ4n) is 2.02. The summed E-state index contributed by atoms with van der Waals surface area (Å²) in [5.74, 6) is 0.788. The number of nitrogens with one attached hydrogen (secondary N) is 1. The fourth-order valence-corrected chi connectivity index (χ4v) is 3.37. The highest BCUT2D eigenvalue weighted by molar-refractivity contribution is 8.14. The number of methoxy groups -OCH3 is 1. The van der Waals surface area contributed by atoms with Gasteiger partial charge in [-0.25, -0.2) is 0 Å². The molecule has 0 radical (unpaired) electrons. The average molecular weight is 274 g/mol. The van der Waals surface area contributed by atoms with Crippen molar-refractivity contribution in [2.24, 2.45) is 10.9 Å². The SMILES string of the molecule is CCC(CC)C1CN=C(NCCOCCOC)S1. The standard InChI is InChI=1S/C13H26N2O2S/c1-4-11(5-2)12-10-15-13(18-12)14-6-7-17-9-8-16-3/h11-12H,4-10H2,1-3H3,(H,14,15). The molecule has 1 atom stereocenters. The van der Waals surface area contributed by atoms with E-state index in [9.17, 15) is 0 Å². The first-order chi connectivity index (χ1) is 8.81. The van der Waals surface area contributed by atoms with Crippen molar-refractivity contribution in [3.8, 4) is 0 Å². The first-order valence-electron chi connectivity index (χ1n) is 6.83. The molecule has 1 aliphatic heterocycles. The first kappa shape index (κ1) is 15.8. The van der Waals surface area contributed by atoms with E-state index in [0.29, 0.717) is 25.1 Å². The van der Waals surface area contributed by atoms with Crippen LogP contribution >= 0.6 is 11.8 Å². The van der Waals surface area contributed by atoms with Gasteiger partial charge in [0, 0.05) is 18.9 Å². The van der Waals surface area contributed by atoms with Gasteiger partial charge in [0.2, 0.25) is 0 Å². The monoisotopic (exact) mass is 274 g/mol. The van der Waals surface area contributed by atoms with Crippen LogP contribution in [-0.2, 0) is 9.47 Å². The van der Waals surface area contributed by atoms with Gasteiger partial charge in [0.05, 0.1) is 26.4 Å². The number of rotatable bonds is 9. The van der Waals surface area contributed by atoms with Gasteiger partial charge in [0.25, 0.3) is 0 Å². The molecule has 0 aromatic heterocycles. The zero-order valence-corrected chi connectivity index (χ0v) is 12.6. The molecule has 0 bridgehead atoms. The minimum absolute atomic E-state index is 0.659. The van der Waals surface area contributed by atoms with Crippen LogP contribution in [0.3, 0.4) is 0 Å². The molecule has 0 saturated carbocycles. The van der Waals surface area contributed by atoms with Crippen LogP contribution in [-0.4, -0.2) is 50.4 Å². The van der Waals surface area contributed by atoms with Crippen molar-refractivity contribution in [2.45, 2.75) is 31.9 Å². The second-order valence-electron chi connectivity index (χ2n) is 4.41. The van der Waals surface area contributed by atoms with E-state index < -0.39 is 0 Å². The Hall–Kier alpha value is -0.260. The van der Waals surface area contributed by atoms with Crippen LogP contribution in [0.15, 0.2) is 4.99 Å². The minimum atomic E-state index is 0.659. The maximum atomic E-state index is 5.40. The number of nitrogens with zero attached hydrogens (tertiary/aromatic N) is 1. The van der Waals surface area contributed by atoms with Crippen LogP contribution in [0.2, 0.25) is 0 Å². The van der Waals surface area contributed by atoms with Crippen LogP contribution in [0.25, 0.3) is 0 Å². The largest absolute Gasteiger partial charge is 0.382 e. The third-order valence-electron chi connectivity index (χ3n) is 3.21. The second kappa shape index (κ2) is 9.64. The topological polar surface area (TPSA) is 42.9 Å². The Balaban J connectivity index is 2.07. The molecule has 5 heteroatoms. The van der Waals surface area contributed by atoms with Crippen molar-refractivity contribution in [2.75, 3.05) is 40.0 Å². The Kier molecular flexibility index (Phi) is 8.46. The number of aliphatic imine (C=N–C) groups is 1. The van der Waals surface area contributed by atoms with Crippen molar-refractivity contribution >= 4 is 16.9 Å². The van der Waals surface area contributed by atoms with Crippen LogP contribution in [0.4, 0.5) is 0 Å². The van der Waals surface area contributed by atoms with Crippen LogP contribution < -0.4 is 5.32 Å². The van der Waals surface area contributed by atoms with Gasteiger partial charge in [-0.15, -0.1) is 0 Å². The Morgan fingerprint density at radius 1 is 1.33 bits per heavy atom. The van der Waals surface area contributed by atoms with E-state index in [0.717, 1.165) is 24.2 Å². The summed E-state index contributed by atoms with van der Waals surface area (Å²) in [7, 11) is 1.68. The summed E-state index contributed by atoms with van der Waals surface area (Å²) in [6, 6.07) is 0. The van der Waals surface area contributed by atoms with Crippen molar-refractivity contribution in [3.05, 3.63) is 0 Å². The summed E-state index contributed by atoms with van der Waals surface area (Å²) in [4.78, 5) is 4.56. The Labute approximate surface area is 115 Å². The predicted octanol–water partition coefficient (Wildman–Crippen LogP) is 2.15. The van der Waals surface area contributed by atoms with Gasteiger partial charge in [0.1, 0.15) is 0 Å². The maximum absolute atomic E-state index is 5.40. The molecule has 106 valence electrons.